The van der Waals surface area contributed by atoms with Crippen LogP contribution in [0.15, 0.2) is 107 Å². The van der Waals surface area contributed by atoms with E-state index in [1.807, 2.05) is 64.6 Å². The van der Waals surface area contributed by atoms with Crippen molar-refractivity contribution in [2.75, 3.05) is 92.0 Å². The second-order valence-corrected chi connectivity index (χ2v) is 23.2. The number of nitrogens with one attached hydrogen (secondary N) is 3. The summed E-state index contributed by atoms with van der Waals surface area (Å²) in [5.74, 6) is -1.21. The van der Waals surface area contributed by atoms with Gasteiger partial charge in [-0.05, 0) is 111 Å². The number of carbonyl (C=O) groups is 1. The number of rotatable bonds is 14. The van der Waals surface area contributed by atoms with E-state index in [0.29, 0.717) is 127 Å². The van der Waals surface area contributed by atoms with Crippen molar-refractivity contribution in [1.29, 1.82) is 0 Å². The van der Waals surface area contributed by atoms with E-state index in [2.05, 4.69) is 19.9 Å². The van der Waals surface area contributed by atoms with Gasteiger partial charge in [0, 0.05) is 96.9 Å². The third-order valence-electron chi connectivity index (χ3n) is 13.7. The highest BCUT2D eigenvalue weighted by Gasteiger charge is 2.33. The lowest BCUT2D eigenvalue weighted by molar-refractivity contribution is -0.384. The molecule has 19 nitrogen and oxygen atoms in total. The van der Waals surface area contributed by atoms with Crippen LogP contribution in [-0.4, -0.2) is 120 Å². The van der Waals surface area contributed by atoms with Crippen molar-refractivity contribution in [3.05, 3.63) is 129 Å². The average Bonchev–Trinajstić information content (AvgIpc) is 3.93. The van der Waals surface area contributed by atoms with E-state index in [0.717, 1.165) is 23.3 Å². The molecule has 0 unspecified atom stereocenters. The molecule has 2 saturated heterocycles. The predicted octanol–water partition coefficient (Wildman–Crippen LogP) is 8.89. The minimum atomic E-state index is -4.69. The number of anilines is 5. The zero-order chi connectivity index (χ0) is 53.6. The first-order chi connectivity index (χ1) is 36.3. The first kappa shape index (κ1) is 52.2. The Kier molecular flexibility index (Phi) is 14.5. The van der Waals surface area contributed by atoms with Gasteiger partial charge in [-0.25, -0.2) is 25.9 Å². The SMILES string of the molecule is Cc1c(S(C)(=O)=O)c(-c2cc(F)cc(N3CCN(c4ccc(C(=O)NS(=O)(=O)c5ccc(NC[C@@H]6COCCO6)c([N+](=O)[O-])c5)c(N5CCCOc6nc7[nH]ccc7cc65)c4)CC3)c2)c(-c2ccc(Cl)cc2)n1C(C)C. The average molecular weight is 1100 g/mol. The smallest absolute Gasteiger partial charge is 0.293 e. The van der Waals surface area contributed by atoms with Crippen LogP contribution in [-0.2, 0) is 29.3 Å². The largest absolute Gasteiger partial charge is 0.476 e. The number of amides is 1. The van der Waals surface area contributed by atoms with Crippen LogP contribution in [0.25, 0.3) is 33.4 Å². The van der Waals surface area contributed by atoms with Gasteiger partial charge in [-0.2, -0.15) is 4.98 Å². The summed E-state index contributed by atoms with van der Waals surface area (Å²) in [7, 11) is -8.51. The molecule has 2 fully saturated rings. The van der Waals surface area contributed by atoms with Crippen LogP contribution in [0.2, 0.25) is 5.02 Å². The lowest BCUT2D eigenvalue weighted by atomic mass is 9.99. The van der Waals surface area contributed by atoms with Gasteiger partial charge < -0.3 is 43.8 Å². The number of fused-ring (bicyclic) bond motifs is 2. The fraction of sp³-hybridized carbons (Fsp3) is 0.321. The van der Waals surface area contributed by atoms with Gasteiger partial charge in [0.2, 0.25) is 5.88 Å². The molecule has 0 saturated carbocycles. The number of sulfonamides is 1. The van der Waals surface area contributed by atoms with Crippen molar-refractivity contribution < 1.29 is 45.2 Å². The van der Waals surface area contributed by atoms with Gasteiger partial charge in [-0.1, -0.05) is 23.7 Å². The van der Waals surface area contributed by atoms with Crippen molar-refractivity contribution in [3.63, 3.8) is 0 Å². The summed E-state index contributed by atoms with van der Waals surface area (Å²) in [6.07, 6.45) is 3.07. The molecule has 4 aromatic carbocycles. The third-order valence-corrected chi connectivity index (χ3v) is 16.6. The normalized spacial score (nSPS) is 16.4. The number of carbonyl (C=O) groups excluding carboxylic acids is 1. The first-order valence-corrected chi connectivity index (χ1v) is 28.4. The molecule has 398 valence electrons. The number of halogens is 2. The Labute approximate surface area is 443 Å². The van der Waals surface area contributed by atoms with Gasteiger partial charge in [-0.15, -0.1) is 0 Å². The van der Waals surface area contributed by atoms with Gasteiger partial charge >= 0.3 is 0 Å². The maximum Gasteiger partial charge on any atom is 0.293 e. The number of nitro groups is 1. The van der Waals surface area contributed by atoms with E-state index < -0.39 is 47.1 Å². The van der Waals surface area contributed by atoms with Crippen LogP contribution in [0.3, 0.4) is 0 Å². The molecular formula is C53H55ClFN9O10S2. The second kappa shape index (κ2) is 21.1. The van der Waals surface area contributed by atoms with Crippen LogP contribution < -0.4 is 29.5 Å². The van der Waals surface area contributed by atoms with Crippen molar-refractivity contribution >= 4 is 82.5 Å². The Morgan fingerprint density at radius 3 is 2.34 bits per heavy atom. The maximum atomic E-state index is 16.0. The number of pyridine rings is 1. The molecule has 7 aromatic rings. The highest BCUT2D eigenvalue weighted by Crippen LogP contribution is 2.45. The molecule has 3 aromatic heterocycles. The van der Waals surface area contributed by atoms with Gasteiger partial charge in [0.25, 0.3) is 21.6 Å². The number of aromatic nitrogens is 3. The van der Waals surface area contributed by atoms with Crippen molar-refractivity contribution in [2.24, 2.45) is 0 Å². The number of benzene rings is 4. The third kappa shape index (κ3) is 10.5. The zero-order valence-electron chi connectivity index (χ0n) is 42.0. The Hall–Kier alpha value is -7.24. The van der Waals surface area contributed by atoms with E-state index in [4.69, 9.17) is 30.8 Å². The highest BCUT2D eigenvalue weighted by atomic mass is 35.5. The topological polar surface area (TPSA) is 224 Å². The van der Waals surface area contributed by atoms with E-state index in [1.54, 1.807) is 37.4 Å². The first-order valence-electron chi connectivity index (χ1n) is 24.7. The van der Waals surface area contributed by atoms with Crippen LogP contribution in [0.4, 0.5) is 38.5 Å². The zero-order valence-corrected chi connectivity index (χ0v) is 44.4. The summed E-state index contributed by atoms with van der Waals surface area (Å²) in [6, 6.07) is 23.8. The van der Waals surface area contributed by atoms with Crippen LogP contribution in [0.5, 0.6) is 5.88 Å². The van der Waals surface area contributed by atoms with Crippen molar-refractivity contribution in [3.8, 4) is 28.3 Å². The molecule has 1 amide bonds. The monoisotopic (exact) mass is 1100 g/mol. The summed E-state index contributed by atoms with van der Waals surface area (Å²) < 4.78 is 92.7. The number of nitro benzene ring substituents is 1. The minimum absolute atomic E-state index is 0.00396. The van der Waals surface area contributed by atoms with Crippen molar-refractivity contribution in [2.45, 2.75) is 49.1 Å². The number of sulfone groups is 1. The molecule has 1 atom stereocenters. The van der Waals surface area contributed by atoms with Crippen LogP contribution >= 0.6 is 11.6 Å². The fourth-order valence-electron chi connectivity index (χ4n) is 10.3. The number of hydrogen-bond acceptors (Lipinski definition) is 15. The molecule has 6 heterocycles. The number of piperazine rings is 1. The van der Waals surface area contributed by atoms with E-state index in [1.165, 1.54) is 24.3 Å². The summed E-state index contributed by atoms with van der Waals surface area (Å²) in [6.45, 7) is 9.39. The highest BCUT2D eigenvalue weighted by molar-refractivity contribution is 7.91. The fourth-order valence-corrected chi connectivity index (χ4v) is 12.6. The van der Waals surface area contributed by atoms with Crippen molar-refractivity contribution in [1.82, 2.24) is 19.3 Å². The maximum absolute atomic E-state index is 16.0. The van der Waals surface area contributed by atoms with Crippen LogP contribution in [0.1, 0.15) is 42.4 Å². The Morgan fingerprint density at radius 2 is 1.64 bits per heavy atom. The Bertz CT molecular complexity index is 3620. The standard InChI is InChI=1S/C53H55ClFN9O10S2/c1-32(2)63-33(3)50(75(4,68)69)48(49(63)34-6-8-37(54)9-7-34)36-24-38(55)27-40(25-36)61-19-17-60(18-20-61)39-10-12-43(45(28-39)62-16-5-21-74-53-47(62)26-35-14-15-56-51(35)58-53)52(65)59-76(70,71)42-11-13-44(46(29-42)64(66)67)57-30-41-31-72-22-23-73-41/h6-15,24-29,32,41,57H,5,16-23,30-31H2,1-4H3,(H,56,58)(H,59,65)/t41-/m1/s1. The summed E-state index contributed by atoms with van der Waals surface area (Å²) >= 11 is 6.29. The Balaban J connectivity index is 0.962. The summed E-state index contributed by atoms with van der Waals surface area (Å²) in [5.41, 5.74) is 5.00. The van der Waals surface area contributed by atoms with Crippen LogP contribution in [0, 0.1) is 22.9 Å². The molecule has 3 N–H and O–H groups in total. The predicted molar refractivity (Wildman–Crippen MR) is 289 cm³/mol. The van der Waals surface area contributed by atoms with E-state index in [-0.39, 0.29) is 34.8 Å². The molecule has 0 bridgehead atoms. The lowest BCUT2D eigenvalue weighted by Gasteiger charge is -2.38. The molecular weight excluding hydrogens is 1040 g/mol. The lowest BCUT2D eigenvalue weighted by Crippen LogP contribution is -2.46. The molecule has 3 aliphatic heterocycles. The minimum Gasteiger partial charge on any atom is -0.476 e. The van der Waals surface area contributed by atoms with Gasteiger partial charge in [-0.3, -0.25) is 14.9 Å². The molecule has 23 heteroatoms. The number of hydrogen-bond donors (Lipinski definition) is 3. The van der Waals surface area contributed by atoms with Gasteiger partial charge in [0.15, 0.2) is 9.84 Å². The number of ether oxygens (including phenoxy) is 3. The summed E-state index contributed by atoms with van der Waals surface area (Å²) in [4.78, 5) is 39.5. The molecule has 0 radical (unpaired) electrons. The molecule has 76 heavy (non-hydrogen) atoms. The van der Waals surface area contributed by atoms with E-state index >= 15 is 4.39 Å². The second-order valence-electron chi connectivity index (χ2n) is 19.2. The quantitative estimate of drug-likeness (QED) is 0.0683. The summed E-state index contributed by atoms with van der Waals surface area (Å²) in [5, 5.41) is 16.5. The molecule has 0 aliphatic carbocycles. The van der Waals surface area contributed by atoms with Gasteiger partial charge in [0.05, 0.1) is 64.2 Å². The Morgan fingerprint density at radius 1 is 0.895 bits per heavy atom. The molecule has 3 aliphatic rings. The van der Waals surface area contributed by atoms with Gasteiger partial charge in [0.1, 0.15) is 22.8 Å². The van der Waals surface area contributed by atoms with E-state index in [9.17, 15) is 31.7 Å². The number of aromatic amines is 1. The number of H-pyrrole nitrogens is 1. The molecule has 0 spiro atoms. The number of nitrogens with zero attached hydrogens (tertiary/aromatic N) is 6. The molecule has 10 rings (SSSR count).